The topological polar surface area (TPSA) is 60.5 Å². The number of fused-ring (bicyclic) bond motifs is 2. The van der Waals surface area contributed by atoms with Gasteiger partial charge in [-0.05, 0) is 43.2 Å². The van der Waals surface area contributed by atoms with Gasteiger partial charge in [0.15, 0.2) is 16.6 Å². The number of rotatable bonds is 2. The first-order chi connectivity index (χ1) is 11.6. The second-order valence-corrected chi connectivity index (χ2v) is 6.83. The number of para-hydroxylation sites is 2. The number of carbonyl (C=O) groups excluding carboxylic acids is 1. The van der Waals surface area contributed by atoms with Crippen molar-refractivity contribution in [3.8, 4) is 11.5 Å². The predicted molar refractivity (Wildman–Crippen MR) is 94.1 cm³/mol. The average Bonchev–Trinajstić information content (AvgIpc) is 2.97. The van der Waals surface area contributed by atoms with Crippen molar-refractivity contribution in [2.75, 3.05) is 11.9 Å². The molecule has 122 valence electrons. The number of aryl methyl sites for hydroxylation is 2. The van der Waals surface area contributed by atoms with Gasteiger partial charge in [0.05, 0.1) is 10.2 Å². The first-order valence-corrected chi connectivity index (χ1v) is 8.49. The number of thiazole rings is 1. The lowest BCUT2D eigenvalue weighted by atomic mass is 10.1. The Morgan fingerprint density at radius 1 is 1.25 bits per heavy atom. The highest BCUT2D eigenvalue weighted by molar-refractivity contribution is 7.22. The summed E-state index contributed by atoms with van der Waals surface area (Å²) < 4.78 is 12.4. The van der Waals surface area contributed by atoms with Gasteiger partial charge in [0.1, 0.15) is 6.61 Å². The summed E-state index contributed by atoms with van der Waals surface area (Å²) in [5.74, 6) is 0.991. The van der Waals surface area contributed by atoms with E-state index in [0.717, 1.165) is 15.8 Å². The van der Waals surface area contributed by atoms with E-state index in [1.807, 2.05) is 25.1 Å². The maximum atomic E-state index is 12.5. The number of anilines is 1. The second-order valence-electron chi connectivity index (χ2n) is 5.80. The fourth-order valence-electron chi connectivity index (χ4n) is 2.76. The molecule has 1 unspecified atom stereocenters. The van der Waals surface area contributed by atoms with Gasteiger partial charge in [-0.15, -0.1) is 0 Å². The van der Waals surface area contributed by atoms with Crippen molar-refractivity contribution in [2.24, 2.45) is 0 Å². The SMILES string of the molecule is Cc1cc(C)c2nc(NC(=O)C3COc4ccccc4O3)sc2c1. The number of aromatic nitrogens is 1. The lowest BCUT2D eigenvalue weighted by Gasteiger charge is -2.25. The average molecular weight is 340 g/mol. The zero-order valence-electron chi connectivity index (χ0n) is 13.3. The van der Waals surface area contributed by atoms with E-state index in [2.05, 4.69) is 29.4 Å². The van der Waals surface area contributed by atoms with Crippen LogP contribution >= 0.6 is 11.3 Å². The van der Waals surface area contributed by atoms with Gasteiger partial charge < -0.3 is 9.47 Å². The summed E-state index contributed by atoms with van der Waals surface area (Å²) in [6.45, 7) is 4.26. The van der Waals surface area contributed by atoms with Gasteiger partial charge in [-0.2, -0.15) is 0 Å². The maximum Gasteiger partial charge on any atom is 0.270 e. The van der Waals surface area contributed by atoms with Crippen molar-refractivity contribution in [3.63, 3.8) is 0 Å². The largest absolute Gasteiger partial charge is 0.485 e. The fourth-order valence-corrected chi connectivity index (χ4v) is 3.80. The van der Waals surface area contributed by atoms with Crippen molar-refractivity contribution in [1.29, 1.82) is 0 Å². The molecule has 1 aliphatic rings. The van der Waals surface area contributed by atoms with Crippen LogP contribution < -0.4 is 14.8 Å². The normalized spacial score (nSPS) is 16.2. The van der Waals surface area contributed by atoms with E-state index in [1.54, 1.807) is 6.07 Å². The first-order valence-electron chi connectivity index (χ1n) is 7.67. The van der Waals surface area contributed by atoms with Crippen LogP contribution in [0, 0.1) is 13.8 Å². The number of nitrogens with zero attached hydrogens (tertiary/aromatic N) is 1. The third kappa shape index (κ3) is 2.69. The Morgan fingerprint density at radius 3 is 2.88 bits per heavy atom. The van der Waals surface area contributed by atoms with E-state index in [9.17, 15) is 4.79 Å². The summed E-state index contributed by atoms with van der Waals surface area (Å²) in [5, 5.41) is 3.42. The third-order valence-corrected chi connectivity index (χ3v) is 4.78. The molecule has 3 aromatic rings. The van der Waals surface area contributed by atoms with Crippen LogP contribution in [0.5, 0.6) is 11.5 Å². The lowest BCUT2D eigenvalue weighted by molar-refractivity contribution is -0.125. The van der Waals surface area contributed by atoms with E-state index in [-0.39, 0.29) is 12.5 Å². The monoisotopic (exact) mass is 340 g/mol. The number of amides is 1. The van der Waals surface area contributed by atoms with Crippen LogP contribution in [0.2, 0.25) is 0 Å². The smallest absolute Gasteiger partial charge is 0.270 e. The molecule has 6 heteroatoms. The van der Waals surface area contributed by atoms with Gasteiger partial charge in [-0.3, -0.25) is 10.1 Å². The van der Waals surface area contributed by atoms with E-state index >= 15 is 0 Å². The molecule has 2 heterocycles. The molecule has 0 saturated heterocycles. The summed E-state index contributed by atoms with van der Waals surface area (Å²) in [7, 11) is 0. The predicted octanol–water partition coefficient (Wildman–Crippen LogP) is 3.69. The highest BCUT2D eigenvalue weighted by Crippen LogP contribution is 2.32. The molecule has 1 aromatic heterocycles. The third-order valence-electron chi connectivity index (χ3n) is 3.86. The molecular weight excluding hydrogens is 324 g/mol. The Morgan fingerprint density at radius 2 is 2.04 bits per heavy atom. The van der Waals surface area contributed by atoms with Gasteiger partial charge in [0, 0.05) is 0 Å². The van der Waals surface area contributed by atoms with Crippen molar-refractivity contribution < 1.29 is 14.3 Å². The van der Waals surface area contributed by atoms with Gasteiger partial charge >= 0.3 is 0 Å². The summed E-state index contributed by atoms with van der Waals surface area (Å²) in [4.78, 5) is 17.0. The summed E-state index contributed by atoms with van der Waals surface area (Å²) in [6.07, 6.45) is -0.685. The zero-order chi connectivity index (χ0) is 16.7. The lowest BCUT2D eigenvalue weighted by Crippen LogP contribution is -2.40. The van der Waals surface area contributed by atoms with Gasteiger partial charge in [-0.1, -0.05) is 29.5 Å². The van der Waals surface area contributed by atoms with E-state index in [4.69, 9.17) is 9.47 Å². The Bertz CT molecular complexity index is 935. The first kappa shape index (κ1) is 15.0. The molecule has 0 saturated carbocycles. The Balaban J connectivity index is 1.54. The minimum absolute atomic E-state index is 0.186. The van der Waals surface area contributed by atoms with Crippen LogP contribution in [-0.4, -0.2) is 23.6 Å². The van der Waals surface area contributed by atoms with Crippen LogP contribution in [0.25, 0.3) is 10.2 Å². The van der Waals surface area contributed by atoms with Gasteiger partial charge in [-0.25, -0.2) is 4.98 Å². The molecule has 1 N–H and O–H groups in total. The summed E-state index contributed by atoms with van der Waals surface area (Å²) in [5.41, 5.74) is 3.21. The fraction of sp³-hybridized carbons (Fsp3) is 0.222. The number of carbonyl (C=O) groups is 1. The van der Waals surface area contributed by atoms with Gasteiger partial charge in [0.2, 0.25) is 6.10 Å². The molecule has 0 spiro atoms. The summed E-state index contributed by atoms with van der Waals surface area (Å²) in [6, 6.07) is 11.5. The molecule has 0 fully saturated rings. The van der Waals surface area contributed by atoms with Crippen LogP contribution in [0.15, 0.2) is 36.4 Å². The minimum atomic E-state index is -0.685. The van der Waals surface area contributed by atoms with Crippen LogP contribution in [0.1, 0.15) is 11.1 Å². The number of benzene rings is 2. The molecule has 1 amide bonds. The standard InChI is InChI=1S/C18H16N2O3S/c1-10-7-11(2)16-15(8-10)24-18(19-16)20-17(21)14-9-22-12-5-3-4-6-13(12)23-14/h3-8,14H,9H2,1-2H3,(H,19,20,21). The van der Waals surface area contributed by atoms with E-state index in [0.29, 0.717) is 16.6 Å². The molecule has 0 radical (unpaired) electrons. The quantitative estimate of drug-likeness (QED) is 0.773. The number of hydrogen-bond donors (Lipinski definition) is 1. The zero-order valence-corrected chi connectivity index (χ0v) is 14.1. The maximum absolute atomic E-state index is 12.5. The Hall–Kier alpha value is -2.60. The minimum Gasteiger partial charge on any atom is -0.485 e. The molecule has 0 aliphatic carbocycles. The molecule has 2 aromatic carbocycles. The molecule has 4 rings (SSSR count). The molecule has 5 nitrogen and oxygen atoms in total. The van der Waals surface area contributed by atoms with Crippen molar-refractivity contribution >= 4 is 32.6 Å². The molecule has 1 atom stereocenters. The van der Waals surface area contributed by atoms with Crippen molar-refractivity contribution in [1.82, 2.24) is 4.98 Å². The molecule has 1 aliphatic heterocycles. The highest BCUT2D eigenvalue weighted by Gasteiger charge is 2.28. The van der Waals surface area contributed by atoms with E-state index < -0.39 is 6.10 Å². The molecule has 0 bridgehead atoms. The van der Waals surface area contributed by atoms with Crippen LogP contribution in [0.3, 0.4) is 0 Å². The van der Waals surface area contributed by atoms with Crippen molar-refractivity contribution in [2.45, 2.75) is 20.0 Å². The molecular formula is C18H16N2O3S. The summed E-state index contributed by atoms with van der Waals surface area (Å²) >= 11 is 1.46. The highest BCUT2D eigenvalue weighted by atomic mass is 32.1. The Labute approximate surface area is 143 Å². The number of ether oxygens (including phenoxy) is 2. The van der Waals surface area contributed by atoms with Crippen LogP contribution in [-0.2, 0) is 4.79 Å². The number of nitrogens with one attached hydrogen (secondary N) is 1. The van der Waals surface area contributed by atoms with E-state index in [1.165, 1.54) is 16.9 Å². The second kappa shape index (κ2) is 5.79. The van der Waals surface area contributed by atoms with Crippen LogP contribution in [0.4, 0.5) is 5.13 Å². The Kier molecular flexibility index (Phi) is 3.61. The van der Waals surface area contributed by atoms with Crippen molar-refractivity contribution in [3.05, 3.63) is 47.5 Å². The number of hydrogen-bond acceptors (Lipinski definition) is 5. The van der Waals surface area contributed by atoms with Gasteiger partial charge in [0.25, 0.3) is 5.91 Å². The molecule has 24 heavy (non-hydrogen) atoms.